The highest BCUT2D eigenvalue weighted by Crippen LogP contribution is 2.19. The third kappa shape index (κ3) is 8.42. The van der Waals surface area contributed by atoms with Crippen LogP contribution in [0.5, 0.6) is 5.75 Å². The van der Waals surface area contributed by atoms with E-state index in [-0.39, 0.29) is 17.6 Å². The smallest absolute Gasteiger partial charge is 0.322 e. The van der Waals surface area contributed by atoms with E-state index in [4.69, 9.17) is 15.2 Å². The number of urea groups is 1. The molecule has 1 fully saturated rings. The molecule has 1 aromatic heterocycles. The SMILES string of the molecule is COc1ccc(NC(=O)N(CCCCN2CCOCC2)Cc2ccc(C(=O)Nc3ccccc3N)nc2)cc1. The number of nitrogen functional groups attached to an aromatic ring is 1. The fourth-order valence-electron chi connectivity index (χ4n) is 4.26. The number of ether oxygens (including phenoxy) is 2. The molecule has 0 bridgehead atoms. The molecule has 0 atom stereocenters. The van der Waals surface area contributed by atoms with Crippen molar-refractivity contribution in [3.8, 4) is 5.75 Å². The summed E-state index contributed by atoms with van der Waals surface area (Å²) in [4.78, 5) is 34.4. The summed E-state index contributed by atoms with van der Waals surface area (Å²) in [7, 11) is 1.60. The number of amides is 3. The summed E-state index contributed by atoms with van der Waals surface area (Å²) in [6.07, 6.45) is 3.47. The van der Waals surface area contributed by atoms with Crippen molar-refractivity contribution >= 4 is 29.0 Å². The van der Waals surface area contributed by atoms with Gasteiger partial charge < -0.3 is 30.7 Å². The summed E-state index contributed by atoms with van der Waals surface area (Å²) in [5.74, 6) is 0.370. The molecule has 0 radical (unpaired) electrons. The summed E-state index contributed by atoms with van der Waals surface area (Å²) >= 11 is 0. The number of carbonyl (C=O) groups is 2. The van der Waals surface area contributed by atoms with Gasteiger partial charge in [0.15, 0.2) is 0 Å². The molecular formula is C29H36N6O4. The van der Waals surface area contributed by atoms with E-state index in [0.717, 1.165) is 57.0 Å². The number of hydrogen-bond donors (Lipinski definition) is 3. The summed E-state index contributed by atoms with van der Waals surface area (Å²) in [5.41, 5.74) is 8.71. The first-order valence-corrected chi connectivity index (χ1v) is 13.1. The van der Waals surface area contributed by atoms with Crippen LogP contribution in [0.3, 0.4) is 0 Å². The van der Waals surface area contributed by atoms with Crippen LogP contribution in [0.1, 0.15) is 28.9 Å². The number of carbonyl (C=O) groups excluding carboxylic acids is 2. The second-order valence-electron chi connectivity index (χ2n) is 9.33. The van der Waals surface area contributed by atoms with Gasteiger partial charge in [-0.1, -0.05) is 18.2 Å². The van der Waals surface area contributed by atoms with Crippen molar-refractivity contribution < 1.29 is 19.1 Å². The van der Waals surface area contributed by atoms with Crippen LogP contribution < -0.4 is 21.1 Å². The average Bonchev–Trinajstić information content (AvgIpc) is 2.97. The highest BCUT2D eigenvalue weighted by molar-refractivity contribution is 6.04. The van der Waals surface area contributed by atoms with Crippen LogP contribution in [0.25, 0.3) is 0 Å². The monoisotopic (exact) mass is 532 g/mol. The molecule has 2 aromatic carbocycles. The Hall–Kier alpha value is -4.15. The third-order valence-corrected chi connectivity index (χ3v) is 6.52. The Morgan fingerprint density at radius 2 is 1.79 bits per heavy atom. The van der Waals surface area contributed by atoms with E-state index in [1.807, 2.05) is 18.2 Å². The molecule has 1 aliphatic rings. The molecule has 4 rings (SSSR count). The zero-order valence-electron chi connectivity index (χ0n) is 22.3. The number of morpholine rings is 1. The van der Waals surface area contributed by atoms with E-state index in [1.54, 1.807) is 60.7 Å². The van der Waals surface area contributed by atoms with Crippen LogP contribution in [0.2, 0.25) is 0 Å². The van der Waals surface area contributed by atoms with Gasteiger partial charge in [-0.2, -0.15) is 0 Å². The number of nitrogens with two attached hydrogens (primary N) is 1. The Morgan fingerprint density at radius 3 is 2.49 bits per heavy atom. The van der Waals surface area contributed by atoms with Crippen molar-refractivity contribution in [2.45, 2.75) is 19.4 Å². The van der Waals surface area contributed by atoms with E-state index < -0.39 is 0 Å². The van der Waals surface area contributed by atoms with Crippen molar-refractivity contribution in [2.24, 2.45) is 0 Å². The minimum atomic E-state index is -0.350. The van der Waals surface area contributed by atoms with Crippen molar-refractivity contribution in [2.75, 3.05) is 62.9 Å². The maximum Gasteiger partial charge on any atom is 0.322 e. The number of rotatable bonds is 11. The number of unbranched alkanes of at least 4 members (excludes halogenated alkanes) is 1. The molecule has 0 saturated carbocycles. The number of pyridine rings is 1. The van der Waals surface area contributed by atoms with Gasteiger partial charge in [-0.05, 0) is 67.4 Å². The molecule has 3 amide bonds. The molecule has 10 nitrogen and oxygen atoms in total. The van der Waals surface area contributed by atoms with E-state index in [1.165, 1.54) is 0 Å². The summed E-state index contributed by atoms with van der Waals surface area (Å²) in [6.45, 7) is 5.37. The lowest BCUT2D eigenvalue weighted by Gasteiger charge is -2.27. The Morgan fingerprint density at radius 1 is 1.03 bits per heavy atom. The van der Waals surface area contributed by atoms with Crippen LogP contribution in [0.15, 0.2) is 66.9 Å². The number of methoxy groups -OCH3 is 1. The molecule has 2 heterocycles. The van der Waals surface area contributed by atoms with Gasteiger partial charge >= 0.3 is 6.03 Å². The molecule has 0 spiro atoms. The third-order valence-electron chi connectivity index (χ3n) is 6.52. The number of nitrogens with one attached hydrogen (secondary N) is 2. The first-order chi connectivity index (χ1) is 19.0. The van der Waals surface area contributed by atoms with Gasteiger partial charge in [0.05, 0.1) is 31.7 Å². The van der Waals surface area contributed by atoms with Gasteiger partial charge in [0.1, 0.15) is 11.4 Å². The second kappa shape index (κ2) is 14.1. The van der Waals surface area contributed by atoms with Crippen LogP contribution in [-0.2, 0) is 11.3 Å². The topological polar surface area (TPSA) is 122 Å². The van der Waals surface area contributed by atoms with Gasteiger partial charge in [-0.15, -0.1) is 0 Å². The molecule has 1 aliphatic heterocycles. The highest BCUT2D eigenvalue weighted by Gasteiger charge is 2.17. The van der Waals surface area contributed by atoms with Crippen LogP contribution in [0, 0.1) is 0 Å². The number of anilines is 3. The average molecular weight is 533 g/mol. The molecule has 4 N–H and O–H groups in total. The van der Waals surface area contributed by atoms with Gasteiger partial charge in [0, 0.05) is 38.1 Å². The number of aromatic nitrogens is 1. The van der Waals surface area contributed by atoms with E-state index in [2.05, 4.69) is 20.5 Å². The lowest BCUT2D eigenvalue weighted by atomic mass is 10.2. The quantitative estimate of drug-likeness (QED) is 0.251. The minimum absolute atomic E-state index is 0.201. The Labute approximate surface area is 229 Å². The standard InChI is InChI=1S/C29H36N6O4/c1-38-24-11-9-23(10-12-24)32-29(37)35(15-5-4-14-34-16-18-39-19-17-34)21-22-8-13-27(31-20-22)28(36)33-26-7-3-2-6-25(26)30/h2-3,6-13,20H,4-5,14-19,21,30H2,1H3,(H,32,37)(H,33,36). The van der Waals surface area contributed by atoms with Crippen LogP contribution >= 0.6 is 0 Å². The van der Waals surface area contributed by atoms with E-state index >= 15 is 0 Å². The van der Waals surface area contributed by atoms with Gasteiger partial charge in [-0.25, -0.2) is 4.79 Å². The largest absolute Gasteiger partial charge is 0.497 e. The maximum absolute atomic E-state index is 13.2. The molecule has 3 aromatic rings. The lowest BCUT2D eigenvalue weighted by molar-refractivity contribution is 0.0370. The number of para-hydroxylation sites is 2. The molecule has 10 heteroatoms. The summed E-state index contributed by atoms with van der Waals surface area (Å²) in [5, 5.41) is 5.75. The first kappa shape index (κ1) is 27.9. The number of hydrogen-bond acceptors (Lipinski definition) is 7. The second-order valence-corrected chi connectivity index (χ2v) is 9.33. The lowest BCUT2D eigenvalue weighted by Crippen LogP contribution is -2.38. The van der Waals surface area contributed by atoms with Crippen molar-refractivity contribution in [1.82, 2.24) is 14.8 Å². The molecule has 206 valence electrons. The predicted octanol–water partition coefficient (Wildman–Crippen LogP) is 4.07. The zero-order chi connectivity index (χ0) is 27.5. The van der Waals surface area contributed by atoms with Crippen LogP contribution in [0.4, 0.5) is 21.9 Å². The number of nitrogens with zero attached hydrogens (tertiary/aromatic N) is 3. The molecule has 0 aliphatic carbocycles. The van der Waals surface area contributed by atoms with Gasteiger partial charge in [-0.3, -0.25) is 14.7 Å². The molecular weight excluding hydrogens is 496 g/mol. The molecule has 1 saturated heterocycles. The molecule has 39 heavy (non-hydrogen) atoms. The Bertz CT molecular complexity index is 1210. The zero-order valence-corrected chi connectivity index (χ0v) is 22.3. The minimum Gasteiger partial charge on any atom is -0.497 e. The fraction of sp³-hybridized carbons (Fsp3) is 0.345. The predicted molar refractivity (Wildman–Crippen MR) is 152 cm³/mol. The maximum atomic E-state index is 13.2. The number of benzene rings is 2. The van der Waals surface area contributed by atoms with Gasteiger partial charge in [0.2, 0.25) is 0 Å². The molecule has 0 unspecified atom stereocenters. The van der Waals surface area contributed by atoms with Crippen LogP contribution in [-0.4, -0.2) is 73.2 Å². The Kier molecular flexibility index (Phi) is 10.1. The van der Waals surface area contributed by atoms with Gasteiger partial charge in [0.25, 0.3) is 5.91 Å². The fourth-order valence-corrected chi connectivity index (χ4v) is 4.26. The van der Waals surface area contributed by atoms with Crippen molar-refractivity contribution in [1.29, 1.82) is 0 Å². The Balaban J connectivity index is 1.37. The highest BCUT2D eigenvalue weighted by atomic mass is 16.5. The van der Waals surface area contributed by atoms with E-state index in [9.17, 15) is 9.59 Å². The summed E-state index contributed by atoms with van der Waals surface area (Å²) < 4.78 is 10.6. The van der Waals surface area contributed by atoms with Crippen molar-refractivity contribution in [3.05, 3.63) is 78.1 Å². The van der Waals surface area contributed by atoms with Crippen molar-refractivity contribution in [3.63, 3.8) is 0 Å². The summed E-state index contributed by atoms with van der Waals surface area (Å²) in [6, 6.07) is 17.6. The normalized spacial score (nSPS) is 13.5. The first-order valence-electron chi connectivity index (χ1n) is 13.1. The van der Waals surface area contributed by atoms with E-state index in [0.29, 0.717) is 30.2 Å².